The van der Waals surface area contributed by atoms with Gasteiger partial charge in [0.15, 0.2) is 11.2 Å². The lowest BCUT2D eigenvalue weighted by Gasteiger charge is -2.22. The highest BCUT2D eigenvalue weighted by Gasteiger charge is 2.19. The standard InChI is InChI=1S/C21H29N5O3/c1-15-12-17(29-23-15)10-6-7-11-26-20(27)18-19(24(2)21(26)28)22-14-25(18)13-16-8-4-3-5-9-16/h12,14,16H,3-11,13H2,1-2H3. The highest BCUT2D eigenvalue weighted by Crippen LogP contribution is 2.25. The van der Waals surface area contributed by atoms with E-state index in [1.807, 2.05) is 17.6 Å². The van der Waals surface area contributed by atoms with Gasteiger partial charge in [-0.3, -0.25) is 13.9 Å². The molecule has 3 heterocycles. The molecule has 0 bridgehead atoms. The van der Waals surface area contributed by atoms with E-state index in [0.717, 1.165) is 37.3 Å². The Kier molecular flexibility index (Phi) is 5.69. The van der Waals surface area contributed by atoms with Crippen molar-refractivity contribution in [2.75, 3.05) is 0 Å². The van der Waals surface area contributed by atoms with Gasteiger partial charge in [0.1, 0.15) is 5.76 Å². The fraction of sp³-hybridized carbons (Fsp3) is 0.619. The number of unbranched alkanes of at least 4 members (excludes halogenated alkanes) is 1. The molecule has 0 atom stereocenters. The topological polar surface area (TPSA) is 87.9 Å². The molecule has 0 saturated heterocycles. The predicted octanol–water partition coefficient (Wildman–Crippen LogP) is 2.80. The van der Waals surface area contributed by atoms with E-state index in [2.05, 4.69) is 10.1 Å². The van der Waals surface area contributed by atoms with Crippen molar-refractivity contribution < 1.29 is 4.52 Å². The Morgan fingerprint density at radius 2 is 1.97 bits per heavy atom. The van der Waals surface area contributed by atoms with Gasteiger partial charge in [0.2, 0.25) is 0 Å². The molecular formula is C21H29N5O3. The van der Waals surface area contributed by atoms with Crippen molar-refractivity contribution in [2.45, 2.75) is 71.4 Å². The largest absolute Gasteiger partial charge is 0.361 e. The van der Waals surface area contributed by atoms with E-state index in [1.165, 1.54) is 41.2 Å². The van der Waals surface area contributed by atoms with Crippen molar-refractivity contribution in [1.29, 1.82) is 0 Å². The molecule has 0 unspecified atom stereocenters. The normalized spacial score (nSPS) is 15.4. The Labute approximate surface area is 169 Å². The van der Waals surface area contributed by atoms with E-state index in [0.29, 0.717) is 23.6 Å². The molecule has 0 amide bonds. The first-order valence-corrected chi connectivity index (χ1v) is 10.6. The Bertz CT molecular complexity index is 1100. The van der Waals surface area contributed by atoms with Gasteiger partial charge in [0, 0.05) is 32.6 Å². The third-order valence-electron chi connectivity index (χ3n) is 6.01. The summed E-state index contributed by atoms with van der Waals surface area (Å²) in [6.45, 7) is 3.08. The second-order valence-corrected chi connectivity index (χ2v) is 8.26. The molecule has 1 aliphatic rings. The minimum Gasteiger partial charge on any atom is -0.361 e. The van der Waals surface area contributed by atoms with Gasteiger partial charge in [-0.05, 0) is 38.5 Å². The summed E-state index contributed by atoms with van der Waals surface area (Å²) < 4.78 is 10.0. The van der Waals surface area contributed by atoms with Crippen molar-refractivity contribution in [3.63, 3.8) is 0 Å². The maximum atomic E-state index is 13.2. The lowest BCUT2D eigenvalue weighted by atomic mass is 9.89. The molecular weight excluding hydrogens is 370 g/mol. The Morgan fingerprint density at radius 1 is 1.17 bits per heavy atom. The van der Waals surface area contributed by atoms with Crippen molar-refractivity contribution in [2.24, 2.45) is 13.0 Å². The summed E-state index contributed by atoms with van der Waals surface area (Å²) in [4.78, 5) is 30.2. The summed E-state index contributed by atoms with van der Waals surface area (Å²) in [5.74, 6) is 1.42. The lowest BCUT2D eigenvalue weighted by Crippen LogP contribution is -2.39. The number of nitrogens with zero attached hydrogens (tertiary/aromatic N) is 5. The van der Waals surface area contributed by atoms with Crippen molar-refractivity contribution in [1.82, 2.24) is 23.8 Å². The molecule has 0 N–H and O–H groups in total. The van der Waals surface area contributed by atoms with Crippen molar-refractivity contribution >= 4 is 11.2 Å². The molecule has 0 spiro atoms. The van der Waals surface area contributed by atoms with Gasteiger partial charge in [-0.25, -0.2) is 9.78 Å². The van der Waals surface area contributed by atoms with Crippen LogP contribution in [0.5, 0.6) is 0 Å². The Balaban J connectivity index is 1.54. The molecule has 3 aromatic rings. The van der Waals surface area contributed by atoms with Crippen LogP contribution in [0.4, 0.5) is 0 Å². The SMILES string of the molecule is Cc1cc(CCCCn2c(=O)c3c(ncn3CC3CCCCC3)n(C)c2=O)on1. The number of fused-ring (bicyclic) bond motifs is 1. The first-order valence-electron chi connectivity index (χ1n) is 10.6. The smallest absolute Gasteiger partial charge is 0.332 e. The minimum absolute atomic E-state index is 0.230. The van der Waals surface area contributed by atoms with E-state index in [9.17, 15) is 9.59 Å². The van der Waals surface area contributed by atoms with Crippen LogP contribution in [-0.2, 0) is 26.6 Å². The molecule has 0 radical (unpaired) electrons. The first-order chi connectivity index (χ1) is 14.0. The summed E-state index contributed by atoms with van der Waals surface area (Å²) in [5.41, 5.74) is 1.35. The minimum atomic E-state index is -0.305. The van der Waals surface area contributed by atoms with Crippen LogP contribution >= 0.6 is 0 Å². The molecule has 0 aromatic carbocycles. The highest BCUT2D eigenvalue weighted by atomic mass is 16.5. The number of hydrogen-bond acceptors (Lipinski definition) is 5. The fourth-order valence-corrected chi connectivity index (χ4v) is 4.41. The third-order valence-corrected chi connectivity index (χ3v) is 6.01. The fourth-order valence-electron chi connectivity index (χ4n) is 4.41. The summed E-state index contributed by atoms with van der Waals surface area (Å²) in [5, 5.41) is 3.89. The van der Waals surface area contributed by atoms with Crippen LogP contribution in [0.2, 0.25) is 0 Å². The highest BCUT2D eigenvalue weighted by molar-refractivity contribution is 5.69. The van der Waals surface area contributed by atoms with Gasteiger partial charge < -0.3 is 9.09 Å². The summed E-state index contributed by atoms with van der Waals surface area (Å²) in [7, 11) is 1.69. The van der Waals surface area contributed by atoms with Crippen LogP contribution in [0.25, 0.3) is 11.2 Å². The van der Waals surface area contributed by atoms with Crippen LogP contribution < -0.4 is 11.2 Å². The number of imidazole rings is 1. The zero-order valence-electron chi connectivity index (χ0n) is 17.3. The molecule has 3 aromatic heterocycles. The van der Waals surface area contributed by atoms with Crippen LogP contribution in [0, 0.1) is 12.8 Å². The van der Waals surface area contributed by atoms with Crippen LogP contribution in [-0.4, -0.2) is 23.8 Å². The number of aromatic nitrogens is 5. The number of rotatable bonds is 7. The maximum Gasteiger partial charge on any atom is 0.332 e. The van der Waals surface area contributed by atoms with Gasteiger partial charge in [-0.15, -0.1) is 0 Å². The third kappa shape index (κ3) is 4.06. The summed E-state index contributed by atoms with van der Waals surface area (Å²) in [6, 6.07) is 1.92. The number of hydrogen-bond donors (Lipinski definition) is 0. The van der Waals surface area contributed by atoms with Crippen molar-refractivity contribution in [3.8, 4) is 0 Å². The van der Waals surface area contributed by atoms with Crippen LogP contribution in [0.3, 0.4) is 0 Å². The predicted molar refractivity (Wildman–Crippen MR) is 110 cm³/mol. The zero-order chi connectivity index (χ0) is 20.4. The van der Waals surface area contributed by atoms with E-state index in [4.69, 9.17) is 4.52 Å². The van der Waals surface area contributed by atoms with Crippen molar-refractivity contribution in [3.05, 3.63) is 44.7 Å². The summed E-state index contributed by atoms with van der Waals surface area (Å²) >= 11 is 0. The van der Waals surface area contributed by atoms with E-state index in [1.54, 1.807) is 13.4 Å². The molecule has 1 fully saturated rings. The molecule has 29 heavy (non-hydrogen) atoms. The molecule has 1 aliphatic carbocycles. The molecule has 8 nitrogen and oxygen atoms in total. The lowest BCUT2D eigenvalue weighted by molar-refractivity contribution is 0.321. The molecule has 8 heteroatoms. The van der Waals surface area contributed by atoms with E-state index in [-0.39, 0.29) is 11.2 Å². The average molecular weight is 399 g/mol. The average Bonchev–Trinajstić information content (AvgIpc) is 3.33. The maximum absolute atomic E-state index is 13.2. The monoisotopic (exact) mass is 399 g/mol. The quantitative estimate of drug-likeness (QED) is 0.570. The van der Waals surface area contributed by atoms with Gasteiger partial charge in [0.25, 0.3) is 5.56 Å². The van der Waals surface area contributed by atoms with Gasteiger partial charge in [-0.1, -0.05) is 24.4 Å². The van der Waals surface area contributed by atoms with E-state index < -0.39 is 0 Å². The summed E-state index contributed by atoms with van der Waals surface area (Å²) in [6.07, 6.45) is 10.2. The molecule has 4 rings (SSSR count). The van der Waals surface area contributed by atoms with Crippen LogP contribution in [0.15, 0.2) is 26.5 Å². The number of aryl methyl sites for hydroxylation is 3. The molecule has 0 aliphatic heterocycles. The van der Waals surface area contributed by atoms with Gasteiger partial charge in [-0.2, -0.15) is 0 Å². The van der Waals surface area contributed by atoms with Gasteiger partial charge >= 0.3 is 5.69 Å². The second kappa shape index (κ2) is 8.39. The van der Waals surface area contributed by atoms with Gasteiger partial charge in [0.05, 0.1) is 12.0 Å². The Morgan fingerprint density at radius 3 is 2.69 bits per heavy atom. The molecule has 156 valence electrons. The van der Waals surface area contributed by atoms with E-state index >= 15 is 0 Å². The second-order valence-electron chi connectivity index (χ2n) is 8.26. The van der Waals surface area contributed by atoms with Crippen LogP contribution in [0.1, 0.15) is 56.4 Å². The zero-order valence-corrected chi connectivity index (χ0v) is 17.3. The Hall–Kier alpha value is -2.64. The molecule has 1 saturated carbocycles. The first kappa shape index (κ1) is 19.7.